The molecular weight excluding hydrogens is 482 g/mol. The van der Waals surface area contributed by atoms with E-state index in [-0.39, 0.29) is 11.7 Å². The molecule has 2 aliphatic rings. The lowest BCUT2D eigenvalue weighted by Gasteiger charge is -2.39. The third-order valence-electron chi connectivity index (χ3n) is 8.79. The Balaban J connectivity index is 1.02. The van der Waals surface area contributed by atoms with E-state index < -0.39 is 0 Å². The fourth-order valence-corrected chi connectivity index (χ4v) is 6.56. The first kappa shape index (κ1) is 23.7. The van der Waals surface area contributed by atoms with Crippen molar-refractivity contribution in [3.05, 3.63) is 108 Å². The molecule has 1 aliphatic carbocycles. The second kappa shape index (κ2) is 9.42. The standard InChI is InChI=1S/C34H31N3O2/c38-32(37-16-13-34(14-17-37)20-25-4-1-2-5-26(25)21-34)18-23-8-10-24(11-9-23)28-6-3-7-29(33(28)39)31-19-27-22-35-15-12-30(27)36-31/h1-12,15,19,22,36,39H,13-14,16-18,20-21H2. The number of nitrogens with one attached hydrogen (secondary N) is 1. The number of aromatic nitrogens is 2. The Morgan fingerprint density at radius 3 is 2.33 bits per heavy atom. The van der Waals surface area contributed by atoms with Crippen LogP contribution in [0, 0.1) is 5.41 Å². The van der Waals surface area contributed by atoms with Gasteiger partial charge in [0.25, 0.3) is 0 Å². The highest BCUT2D eigenvalue weighted by atomic mass is 16.3. The lowest BCUT2D eigenvalue weighted by atomic mass is 9.76. The number of aromatic hydroxyl groups is 1. The van der Waals surface area contributed by atoms with Crippen LogP contribution in [0.3, 0.4) is 0 Å². The van der Waals surface area contributed by atoms with Crippen LogP contribution in [0.25, 0.3) is 33.3 Å². The molecule has 5 heteroatoms. The van der Waals surface area contributed by atoms with Crippen LogP contribution in [-0.2, 0) is 24.1 Å². The molecule has 3 aromatic carbocycles. The highest BCUT2D eigenvalue weighted by Gasteiger charge is 2.40. The number of rotatable bonds is 4. The molecule has 5 nitrogen and oxygen atoms in total. The van der Waals surface area contributed by atoms with Crippen LogP contribution in [0.15, 0.2) is 91.3 Å². The van der Waals surface area contributed by atoms with E-state index in [0.29, 0.717) is 11.8 Å². The van der Waals surface area contributed by atoms with Gasteiger partial charge in [-0.1, -0.05) is 60.7 Å². The average molecular weight is 514 g/mol. The Bertz CT molecular complexity index is 1620. The van der Waals surface area contributed by atoms with E-state index in [1.54, 1.807) is 6.20 Å². The fraction of sp³-hybridized carbons (Fsp3) is 0.235. The van der Waals surface area contributed by atoms with Crippen molar-refractivity contribution in [2.45, 2.75) is 32.1 Å². The van der Waals surface area contributed by atoms with Crippen molar-refractivity contribution in [2.24, 2.45) is 5.41 Å². The van der Waals surface area contributed by atoms with Crippen LogP contribution >= 0.6 is 0 Å². The average Bonchev–Trinajstić information content (AvgIpc) is 3.55. The van der Waals surface area contributed by atoms with Crippen LogP contribution in [-0.4, -0.2) is 39.0 Å². The van der Waals surface area contributed by atoms with E-state index in [1.165, 1.54) is 11.1 Å². The van der Waals surface area contributed by atoms with E-state index in [4.69, 9.17) is 0 Å². The van der Waals surface area contributed by atoms with Crippen LogP contribution < -0.4 is 0 Å². The van der Waals surface area contributed by atoms with E-state index in [2.05, 4.69) is 34.2 Å². The summed E-state index contributed by atoms with van der Waals surface area (Å²) in [6.07, 6.45) is 8.43. The predicted molar refractivity (Wildman–Crippen MR) is 154 cm³/mol. The van der Waals surface area contributed by atoms with Gasteiger partial charge in [0.05, 0.1) is 12.1 Å². The lowest BCUT2D eigenvalue weighted by Crippen LogP contribution is -2.44. The zero-order valence-electron chi connectivity index (χ0n) is 21.9. The second-order valence-electron chi connectivity index (χ2n) is 11.2. The highest BCUT2D eigenvalue weighted by molar-refractivity contribution is 5.89. The zero-order chi connectivity index (χ0) is 26.4. The molecule has 1 spiro atoms. The summed E-state index contributed by atoms with van der Waals surface area (Å²) in [5.41, 5.74) is 8.58. The molecule has 0 saturated carbocycles. The smallest absolute Gasteiger partial charge is 0.226 e. The maximum atomic E-state index is 13.2. The minimum atomic E-state index is 0.200. The molecule has 5 aromatic rings. The Hall–Kier alpha value is -4.38. The van der Waals surface area contributed by atoms with Crippen molar-refractivity contribution < 1.29 is 9.90 Å². The monoisotopic (exact) mass is 513 g/mol. The molecule has 0 radical (unpaired) electrons. The van der Waals surface area contributed by atoms with E-state index in [1.807, 2.05) is 65.7 Å². The van der Waals surface area contributed by atoms with Gasteiger partial charge in [0, 0.05) is 47.5 Å². The fourth-order valence-electron chi connectivity index (χ4n) is 6.56. The van der Waals surface area contributed by atoms with Crippen molar-refractivity contribution in [1.82, 2.24) is 14.9 Å². The maximum Gasteiger partial charge on any atom is 0.226 e. The summed E-state index contributed by atoms with van der Waals surface area (Å²) in [4.78, 5) is 22.8. The first-order chi connectivity index (χ1) is 19.1. The zero-order valence-corrected chi connectivity index (χ0v) is 21.9. The normalized spacial score (nSPS) is 16.1. The minimum Gasteiger partial charge on any atom is -0.507 e. The van der Waals surface area contributed by atoms with Crippen molar-refractivity contribution in [3.8, 4) is 28.1 Å². The number of carbonyl (C=O) groups is 1. The molecule has 3 heterocycles. The van der Waals surface area contributed by atoms with Crippen LogP contribution in [0.1, 0.15) is 29.5 Å². The SMILES string of the molecule is O=C(Cc1ccc(-c2cccc(-c3cc4cnccc4[nH]3)c2O)cc1)N1CCC2(CC1)Cc1ccccc1C2. The summed E-state index contributed by atoms with van der Waals surface area (Å²) in [5, 5.41) is 12.2. The number of para-hydroxylation sites is 1. The van der Waals surface area contributed by atoms with E-state index in [0.717, 1.165) is 77.6 Å². The lowest BCUT2D eigenvalue weighted by molar-refractivity contribution is -0.132. The number of carbonyl (C=O) groups excluding carboxylic acids is 1. The molecule has 0 unspecified atom stereocenters. The molecule has 1 aliphatic heterocycles. The Morgan fingerprint density at radius 2 is 1.62 bits per heavy atom. The number of likely N-dealkylation sites (tertiary alicyclic amines) is 1. The number of H-pyrrole nitrogens is 1. The number of hydrogen-bond donors (Lipinski definition) is 2. The third kappa shape index (κ3) is 4.38. The van der Waals surface area contributed by atoms with Gasteiger partial charge in [-0.05, 0) is 71.6 Å². The molecular formula is C34H31N3O2. The molecule has 39 heavy (non-hydrogen) atoms. The Morgan fingerprint density at radius 1 is 0.897 bits per heavy atom. The third-order valence-corrected chi connectivity index (χ3v) is 8.79. The molecule has 1 amide bonds. The number of benzene rings is 3. The molecule has 7 rings (SSSR count). The first-order valence-electron chi connectivity index (χ1n) is 13.8. The number of fused-ring (bicyclic) bond motifs is 2. The Labute approximate surface area is 228 Å². The topological polar surface area (TPSA) is 69.2 Å². The van der Waals surface area contributed by atoms with Gasteiger partial charge in [0.15, 0.2) is 0 Å². The van der Waals surface area contributed by atoms with E-state index in [9.17, 15) is 9.90 Å². The number of nitrogens with zero attached hydrogens (tertiary/aromatic N) is 2. The summed E-state index contributed by atoms with van der Waals surface area (Å²) in [6, 6.07) is 26.5. The number of phenols is 1. The van der Waals surface area contributed by atoms with Crippen LogP contribution in [0.4, 0.5) is 0 Å². The summed E-state index contributed by atoms with van der Waals surface area (Å²) >= 11 is 0. The highest BCUT2D eigenvalue weighted by Crippen LogP contribution is 2.44. The second-order valence-corrected chi connectivity index (χ2v) is 11.2. The van der Waals surface area contributed by atoms with Gasteiger partial charge in [-0.25, -0.2) is 0 Å². The number of hydrogen-bond acceptors (Lipinski definition) is 3. The number of pyridine rings is 1. The van der Waals surface area contributed by atoms with Gasteiger partial charge in [0.2, 0.25) is 5.91 Å². The van der Waals surface area contributed by atoms with Gasteiger partial charge in [-0.2, -0.15) is 0 Å². The largest absolute Gasteiger partial charge is 0.507 e. The summed E-state index contributed by atoms with van der Waals surface area (Å²) < 4.78 is 0. The molecule has 0 atom stereocenters. The maximum absolute atomic E-state index is 13.2. The number of amides is 1. The quantitative estimate of drug-likeness (QED) is 0.286. The van der Waals surface area contributed by atoms with Gasteiger partial charge in [-0.15, -0.1) is 0 Å². The molecule has 1 saturated heterocycles. The van der Waals surface area contributed by atoms with Crippen molar-refractivity contribution in [2.75, 3.05) is 13.1 Å². The first-order valence-corrected chi connectivity index (χ1v) is 13.8. The minimum absolute atomic E-state index is 0.200. The summed E-state index contributed by atoms with van der Waals surface area (Å²) in [5.74, 6) is 0.434. The number of aromatic amines is 1. The van der Waals surface area contributed by atoms with Gasteiger partial charge >= 0.3 is 0 Å². The number of piperidine rings is 1. The van der Waals surface area contributed by atoms with Crippen LogP contribution in [0.5, 0.6) is 5.75 Å². The molecule has 2 N–H and O–H groups in total. The molecule has 0 bridgehead atoms. The Kier molecular flexibility index (Phi) is 5.73. The van der Waals surface area contributed by atoms with Crippen molar-refractivity contribution in [3.63, 3.8) is 0 Å². The van der Waals surface area contributed by atoms with Gasteiger partial charge < -0.3 is 15.0 Å². The predicted octanol–water partition coefficient (Wildman–Crippen LogP) is 6.55. The van der Waals surface area contributed by atoms with Crippen LogP contribution in [0.2, 0.25) is 0 Å². The van der Waals surface area contributed by atoms with E-state index >= 15 is 0 Å². The molecule has 1 fully saturated rings. The molecule has 194 valence electrons. The van der Waals surface area contributed by atoms with Crippen molar-refractivity contribution in [1.29, 1.82) is 0 Å². The summed E-state index contributed by atoms with van der Waals surface area (Å²) in [7, 11) is 0. The molecule has 2 aromatic heterocycles. The van der Waals surface area contributed by atoms with Gasteiger partial charge in [-0.3, -0.25) is 9.78 Å². The summed E-state index contributed by atoms with van der Waals surface area (Å²) in [6.45, 7) is 1.69. The number of phenolic OH excluding ortho intramolecular Hbond substituents is 1. The van der Waals surface area contributed by atoms with Crippen molar-refractivity contribution >= 4 is 16.8 Å². The van der Waals surface area contributed by atoms with Gasteiger partial charge in [0.1, 0.15) is 5.75 Å².